The van der Waals surface area contributed by atoms with Gasteiger partial charge in [-0.1, -0.05) is 18.2 Å². The van der Waals surface area contributed by atoms with Gasteiger partial charge in [0.1, 0.15) is 12.2 Å². The fourth-order valence-electron chi connectivity index (χ4n) is 5.24. The fraction of sp³-hybridized carbons (Fsp3) is 0.579. The highest BCUT2D eigenvalue weighted by Gasteiger charge is 2.64. The second-order valence-electron chi connectivity index (χ2n) is 7.34. The van der Waals surface area contributed by atoms with Gasteiger partial charge in [-0.15, -0.1) is 12.4 Å². The van der Waals surface area contributed by atoms with Crippen molar-refractivity contribution in [3.8, 4) is 11.5 Å². The molecule has 6 heteroatoms. The molecule has 0 unspecified atom stereocenters. The summed E-state index contributed by atoms with van der Waals surface area (Å²) in [4.78, 5) is 2.43. The average Bonchev–Trinajstić information content (AvgIpc) is 2.91. The molecule has 2 heterocycles. The van der Waals surface area contributed by atoms with Crippen molar-refractivity contribution in [2.24, 2.45) is 5.92 Å². The molecular weight excluding hydrogens is 342 g/mol. The molecule has 0 saturated carbocycles. The molecule has 1 aromatic rings. The van der Waals surface area contributed by atoms with Crippen molar-refractivity contribution in [3.63, 3.8) is 0 Å². The second kappa shape index (κ2) is 6.47. The smallest absolute Gasteiger partial charge is 0.165 e. The number of nitrogens with zero attached hydrogens (tertiary/aromatic N) is 1. The summed E-state index contributed by atoms with van der Waals surface area (Å²) >= 11 is 0. The number of phenolic OH excluding ortho intramolecular Hbond substituents is 1. The summed E-state index contributed by atoms with van der Waals surface area (Å²) in [6.07, 6.45) is 5.18. The number of hydrogen-bond donors (Lipinski definition) is 2. The predicted molar refractivity (Wildman–Crippen MR) is 97.8 cm³/mol. The summed E-state index contributed by atoms with van der Waals surface area (Å²) in [5.41, 5.74) is 2.29. The van der Waals surface area contributed by atoms with Crippen molar-refractivity contribution < 1.29 is 19.7 Å². The van der Waals surface area contributed by atoms with Gasteiger partial charge >= 0.3 is 0 Å². The number of rotatable bonds is 0. The third kappa shape index (κ3) is 2.33. The van der Waals surface area contributed by atoms with E-state index in [1.807, 2.05) is 12.1 Å². The summed E-state index contributed by atoms with van der Waals surface area (Å²) in [5.74, 6) is 1.19. The van der Waals surface area contributed by atoms with Gasteiger partial charge in [0.05, 0.1) is 0 Å². The van der Waals surface area contributed by atoms with Crippen molar-refractivity contribution >= 4 is 12.4 Å². The predicted octanol–water partition coefficient (Wildman–Crippen LogP) is 1.88. The van der Waals surface area contributed by atoms with E-state index in [-0.39, 0.29) is 29.7 Å². The van der Waals surface area contributed by atoms with Crippen molar-refractivity contribution in [2.45, 2.75) is 36.5 Å². The van der Waals surface area contributed by atoms with Gasteiger partial charge in [0.15, 0.2) is 11.5 Å². The van der Waals surface area contributed by atoms with Gasteiger partial charge in [-0.2, -0.15) is 0 Å². The molecule has 0 amide bonds. The molecule has 5 atom stereocenters. The summed E-state index contributed by atoms with van der Waals surface area (Å²) in [6.45, 7) is 1.01. The van der Waals surface area contributed by atoms with E-state index in [9.17, 15) is 10.2 Å². The third-order valence-electron chi connectivity index (χ3n) is 6.15. The maximum atomic E-state index is 10.4. The van der Waals surface area contributed by atoms with Crippen LogP contribution in [0.4, 0.5) is 0 Å². The molecular formula is C19H26ClNO4. The van der Waals surface area contributed by atoms with E-state index in [1.165, 1.54) is 11.1 Å². The zero-order valence-corrected chi connectivity index (χ0v) is 15.6. The number of halogens is 1. The number of aliphatic hydroxyl groups is 1. The maximum Gasteiger partial charge on any atom is 0.165 e. The molecule has 5 nitrogen and oxygen atoms in total. The van der Waals surface area contributed by atoms with Crippen LogP contribution in [0.25, 0.3) is 0 Å². The summed E-state index contributed by atoms with van der Waals surface area (Å²) in [6, 6.07) is 4.23. The Hall–Kier alpha value is -1.27. The van der Waals surface area contributed by atoms with Crippen LogP contribution in [0.2, 0.25) is 0 Å². The van der Waals surface area contributed by atoms with E-state index in [0.717, 1.165) is 19.4 Å². The van der Waals surface area contributed by atoms with Crippen LogP contribution < -0.4 is 4.74 Å². The molecule has 5 rings (SSSR count). The van der Waals surface area contributed by atoms with Gasteiger partial charge in [0.2, 0.25) is 0 Å². The van der Waals surface area contributed by atoms with E-state index in [2.05, 4.69) is 22.8 Å². The minimum atomic E-state index is -0.594. The number of likely N-dealkylation sites (N-methyl/N-ethyl adjacent to an activating group) is 1. The van der Waals surface area contributed by atoms with Crippen LogP contribution in [0.3, 0.4) is 0 Å². The molecule has 2 aliphatic heterocycles. The SMILES string of the molecule is CN1CC[C@]23c4c5ccc(O)c4O[C@H]2[C@@H](O)C=C[C@H]3[C@H]1C5.COC.Cl. The lowest BCUT2D eigenvalue weighted by atomic mass is 9.53. The lowest BCUT2D eigenvalue weighted by Gasteiger charge is -2.56. The van der Waals surface area contributed by atoms with Gasteiger partial charge in [0.25, 0.3) is 0 Å². The summed E-state index contributed by atoms with van der Waals surface area (Å²) in [5, 5.41) is 20.6. The number of hydrogen-bond acceptors (Lipinski definition) is 5. The minimum Gasteiger partial charge on any atom is -0.504 e. The number of ether oxygens (including phenoxy) is 2. The normalized spacial score (nSPS) is 36.5. The van der Waals surface area contributed by atoms with E-state index < -0.39 is 6.10 Å². The number of likely N-dealkylation sites (tertiary alicyclic amines) is 1. The van der Waals surface area contributed by atoms with Gasteiger partial charge in [-0.3, -0.25) is 0 Å². The number of piperidine rings is 1. The lowest BCUT2D eigenvalue weighted by Crippen LogP contribution is -2.64. The molecule has 0 radical (unpaired) electrons. The van der Waals surface area contributed by atoms with Crippen molar-refractivity contribution in [3.05, 3.63) is 35.4 Å². The average molecular weight is 368 g/mol. The third-order valence-corrected chi connectivity index (χ3v) is 6.15. The first-order chi connectivity index (χ1) is 11.5. The van der Waals surface area contributed by atoms with Gasteiger partial charge in [-0.25, -0.2) is 0 Å². The molecule has 4 aliphatic rings. The summed E-state index contributed by atoms with van der Waals surface area (Å²) in [7, 11) is 5.44. The monoisotopic (exact) mass is 367 g/mol. The Balaban J connectivity index is 0.000000428. The first-order valence-electron chi connectivity index (χ1n) is 8.53. The van der Waals surface area contributed by atoms with Crippen LogP contribution in [0.5, 0.6) is 11.5 Å². The first-order valence-corrected chi connectivity index (χ1v) is 8.53. The van der Waals surface area contributed by atoms with Crippen LogP contribution in [0.15, 0.2) is 24.3 Å². The molecule has 1 aromatic carbocycles. The van der Waals surface area contributed by atoms with E-state index >= 15 is 0 Å². The van der Waals surface area contributed by atoms with E-state index in [1.54, 1.807) is 20.3 Å². The van der Waals surface area contributed by atoms with Crippen LogP contribution in [-0.2, 0) is 16.6 Å². The highest BCUT2D eigenvalue weighted by Crippen LogP contribution is 2.62. The molecule has 2 bridgehead atoms. The lowest BCUT2D eigenvalue weighted by molar-refractivity contribution is -0.0453. The number of benzene rings is 1. The van der Waals surface area contributed by atoms with Crippen molar-refractivity contribution in [1.82, 2.24) is 4.90 Å². The molecule has 25 heavy (non-hydrogen) atoms. The number of aliphatic hydroxyl groups excluding tert-OH is 1. The Labute approximate surface area is 154 Å². The van der Waals surface area contributed by atoms with Crippen LogP contribution in [0.1, 0.15) is 17.5 Å². The number of phenols is 1. The van der Waals surface area contributed by atoms with E-state index in [4.69, 9.17) is 4.74 Å². The van der Waals surface area contributed by atoms with Crippen LogP contribution >= 0.6 is 12.4 Å². The van der Waals surface area contributed by atoms with E-state index in [0.29, 0.717) is 17.7 Å². The second-order valence-corrected chi connectivity index (χ2v) is 7.34. The Morgan fingerprint density at radius 3 is 2.72 bits per heavy atom. The molecule has 1 fully saturated rings. The van der Waals surface area contributed by atoms with Crippen molar-refractivity contribution in [2.75, 3.05) is 27.8 Å². The van der Waals surface area contributed by atoms with Crippen LogP contribution in [-0.4, -0.2) is 61.2 Å². The largest absolute Gasteiger partial charge is 0.504 e. The number of aromatic hydroxyl groups is 1. The Morgan fingerprint density at radius 2 is 2.00 bits per heavy atom. The molecule has 2 N–H and O–H groups in total. The molecule has 1 saturated heterocycles. The van der Waals surface area contributed by atoms with Gasteiger partial charge < -0.3 is 24.6 Å². The highest BCUT2D eigenvalue weighted by molar-refractivity contribution is 5.85. The first kappa shape index (κ1) is 18.5. The fourth-order valence-corrected chi connectivity index (χ4v) is 5.24. The molecule has 0 aromatic heterocycles. The zero-order valence-electron chi connectivity index (χ0n) is 14.8. The minimum absolute atomic E-state index is 0. The summed E-state index contributed by atoms with van der Waals surface area (Å²) < 4.78 is 10.3. The van der Waals surface area contributed by atoms with Crippen LogP contribution in [0, 0.1) is 5.92 Å². The molecule has 138 valence electrons. The Morgan fingerprint density at radius 1 is 1.28 bits per heavy atom. The Bertz CT molecular complexity index is 694. The van der Waals surface area contributed by atoms with Gasteiger partial charge in [-0.05, 0) is 38.1 Å². The molecule has 1 spiro atoms. The number of methoxy groups -OCH3 is 1. The van der Waals surface area contributed by atoms with Gasteiger partial charge in [0, 0.05) is 37.2 Å². The van der Waals surface area contributed by atoms with Crippen molar-refractivity contribution in [1.29, 1.82) is 0 Å². The maximum absolute atomic E-state index is 10.4. The topological polar surface area (TPSA) is 62.2 Å². The quantitative estimate of drug-likeness (QED) is 0.686. The zero-order chi connectivity index (χ0) is 17.1. The molecule has 2 aliphatic carbocycles. The Kier molecular flexibility index (Phi) is 4.79. The standard InChI is InChI=1S/C17H19NO3.C2H6O.ClH/c1-18-7-6-17-10-3-5-13(20)16(17)21-15-12(19)4-2-9(14(15)17)8-11(10)18;1-3-2;/h2-5,10-11,13,16,19-20H,6-8H2,1H3;1-2H3;1H/t10-,11+,13-,16-,17-;;/m0../s1. The highest BCUT2D eigenvalue weighted by atomic mass is 35.5.